The Morgan fingerprint density at radius 2 is 1.77 bits per heavy atom. The molecule has 0 atom stereocenters. The van der Waals surface area contributed by atoms with Gasteiger partial charge in [-0.15, -0.1) is 10.2 Å². The van der Waals surface area contributed by atoms with Crippen LogP contribution in [-0.2, 0) is 6.42 Å². The summed E-state index contributed by atoms with van der Waals surface area (Å²) in [4.78, 5) is 12.9. The summed E-state index contributed by atoms with van der Waals surface area (Å²) in [5, 5.41) is 17.2. The lowest BCUT2D eigenvalue weighted by atomic mass is 9.98. The minimum absolute atomic E-state index is 0.160. The number of hydrogen-bond acceptors (Lipinski definition) is 5. The molecule has 1 heterocycles. The van der Waals surface area contributed by atoms with E-state index in [0.29, 0.717) is 23.5 Å². The number of para-hydroxylation sites is 1. The molecule has 4 rings (SSSR count). The second kappa shape index (κ2) is 9.00. The van der Waals surface area contributed by atoms with Crippen molar-refractivity contribution in [1.82, 2.24) is 25.9 Å². The number of benzene rings is 3. The van der Waals surface area contributed by atoms with Gasteiger partial charge in [0.05, 0.1) is 7.11 Å². The molecule has 4 aromatic rings. The number of aromatic amines is 1. The van der Waals surface area contributed by atoms with Crippen LogP contribution in [0, 0.1) is 0 Å². The zero-order chi connectivity index (χ0) is 20.8. The molecule has 0 fully saturated rings. The molecule has 0 saturated carbocycles. The number of ether oxygens (including phenoxy) is 1. The maximum atomic E-state index is 12.9. The molecular formula is C23H21N5O2. The van der Waals surface area contributed by atoms with Gasteiger partial charge in [0.15, 0.2) is 0 Å². The Morgan fingerprint density at radius 1 is 1.00 bits per heavy atom. The fourth-order valence-electron chi connectivity index (χ4n) is 3.28. The second-order valence-electron chi connectivity index (χ2n) is 6.73. The summed E-state index contributed by atoms with van der Waals surface area (Å²) in [5.74, 6) is 0.982. The van der Waals surface area contributed by atoms with Gasteiger partial charge in [-0.3, -0.25) is 4.79 Å². The standard InChI is InChI=1S/C23H21N5O2/c1-30-21-10-6-5-9-20(21)17-13-18(22-25-27-28-26-22)15-19(14-17)23(29)24-12-11-16-7-3-2-4-8-16/h2-10,13-15H,11-12H2,1H3,(H,24,29)(H,25,26,27,28). The first-order chi connectivity index (χ1) is 14.7. The smallest absolute Gasteiger partial charge is 0.251 e. The fraction of sp³-hybridized carbons (Fsp3) is 0.130. The fourth-order valence-corrected chi connectivity index (χ4v) is 3.28. The Labute approximate surface area is 174 Å². The van der Waals surface area contributed by atoms with Crippen molar-refractivity contribution in [2.45, 2.75) is 6.42 Å². The maximum Gasteiger partial charge on any atom is 0.251 e. The van der Waals surface area contributed by atoms with Crippen molar-refractivity contribution in [2.24, 2.45) is 0 Å². The molecule has 0 saturated heterocycles. The van der Waals surface area contributed by atoms with Crippen molar-refractivity contribution in [3.8, 4) is 28.3 Å². The predicted octanol–water partition coefficient (Wildman–Crippen LogP) is 3.51. The van der Waals surface area contributed by atoms with Crippen molar-refractivity contribution in [2.75, 3.05) is 13.7 Å². The van der Waals surface area contributed by atoms with E-state index in [-0.39, 0.29) is 5.91 Å². The van der Waals surface area contributed by atoms with Gasteiger partial charge in [0.25, 0.3) is 5.91 Å². The molecule has 7 nitrogen and oxygen atoms in total. The third kappa shape index (κ3) is 4.35. The van der Waals surface area contributed by atoms with Gasteiger partial charge in [0.2, 0.25) is 5.82 Å². The number of hydrogen-bond donors (Lipinski definition) is 2. The molecule has 2 N–H and O–H groups in total. The summed E-state index contributed by atoms with van der Waals surface area (Å²) in [6.07, 6.45) is 0.760. The number of amides is 1. The lowest BCUT2D eigenvalue weighted by Crippen LogP contribution is -2.25. The van der Waals surface area contributed by atoms with Gasteiger partial charge in [-0.1, -0.05) is 48.5 Å². The Balaban J connectivity index is 1.63. The maximum absolute atomic E-state index is 12.9. The van der Waals surface area contributed by atoms with E-state index in [9.17, 15) is 4.79 Å². The molecule has 150 valence electrons. The number of tetrazole rings is 1. The molecular weight excluding hydrogens is 378 g/mol. The second-order valence-corrected chi connectivity index (χ2v) is 6.73. The summed E-state index contributed by atoms with van der Waals surface area (Å²) in [6, 6.07) is 23.2. The first kappa shape index (κ1) is 19.3. The monoisotopic (exact) mass is 399 g/mol. The zero-order valence-corrected chi connectivity index (χ0v) is 16.5. The van der Waals surface area contributed by atoms with Gasteiger partial charge < -0.3 is 10.1 Å². The quantitative estimate of drug-likeness (QED) is 0.496. The van der Waals surface area contributed by atoms with Crippen LogP contribution in [0.25, 0.3) is 22.5 Å². The van der Waals surface area contributed by atoms with Crippen LogP contribution in [0.4, 0.5) is 0 Å². The number of nitrogens with zero attached hydrogens (tertiary/aromatic N) is 3. The number of carbonyl (C=O) groups is 1. The van der Waals surface area contributed by atoms with E-state index in [1.165, 1.54) is 5.56 Å². The van der Waals surface area contributed by atoms with Gasteiger partial charge in [-0.25, -0.2) is 0 Å². The van der Waals surface area contributed by atoms with Crippen LogP contribution in [-0.4, -0.2) is 40.2 Å². The van der Waals surface area contributed by atoms with Crippen molar-refractivity contribution in [3.05, 3.63) is 83.9 Å². The molecule has 0 unspecified atom stereocenters. The minimum Gasteiger partial charge on any atom is -0.496 e. The molecule has 0 aliphatic rings. The summed E-state index contributed by atoms with van der Waals surface area (Å²) in [5.41, 5.74) is 4.10. The first-order valence-corrected chi connectivity index (χ1v) is 9.59. The van der Waals surface area contributed by atoms with Gasteiger partial charge in [0, 0.05) is 23.2 Å². The normalized spacial score (nSPS) is 10.6. The molecule has 0 bridgehead atoms. The summed E-state index contributed by atoms with van der Waals surface area (Å²) in [6.45, 7) is 0.541. The van der Waals surface area contributed by atoms with Gasteiger partial charge in [0.1, 0.15) is 5.75 Å². The van der Waals surface area contributed by atoms with Crippen LogP contribution in [0.5, 0.6) is 5.75 Å². The van der Waals surface area contributed by atoms with Crippen LogP contribution in [0.3, 0.4) is 0 Å². The average molecular weight is 399 g/mol. The lowest BCUT2D eigenvalue weighted by Gasteiger charge is -2.12. The third-order valence-corrected chi connectivity index (χ3v) is 4.76. The van der Waals surface area contributed by atoms with Gasteiger partial charge >= 0.3 is 0 Å². The van der Waals surface area contributed by atoms with E-state index in [2.05, 4.69) is 25.9 Å². The Hall–Kier alpha value is -4.00. The highest BCUT2D eigenvalue weighted by Gasteiger charge is 2.15. The van der Waals surface area contributed by atoms with Crippen LogP contribution in [0.2, 0.25) is 0 Å². The highest BCUT2D eigenvalue weighted by atomic mass is 16.5. The van der Waals surface area contributed by atoms with Gasteiger partial charge in [-0.05, 0) is 47.0 Å². The van der Waals surface area contributed by atoms with Gasteiger partial charge in [-0.2, -0.15) is 5.21 Å². The topological polar surface area (TPSA) is 92.8 Å². The van der Waals surface area contributed by atoms with E-state index in [1.807, 2.05) is 66.7 Å². The van der Waals surface area contributed by atoms with Crippen molar-refractivity contribution >= 4 is 5.91 Å². The molecule has 0 aliphatic heterocycles. The average Bonchev–Trinajstić information content (AvgIpc) is 3.34. The predicted molar refractivity (Wildman–Crippen MR) is 114 cm³/mol. The van der Waals surface area contributed by atoms with Crippen molar-refractivity contribution in [3.63, 3.8) is 0 Å². The molecule has 7 heteroatoms. The molecule has 0 radical (unpaired) electrons. The summed E-state index contributed by atoms with van der Waals surface area (Å²) in [7, 11) is 1.62. The number of methoxy groups -OCH3 is 1. The molecule has 3 aromatic carbocycles. The zero-order valence-electron chi connectivity index (χ0n) is 16.5. The number of rotatable bonds is 7. The van der Waals surface area contributed by atoms with Crippen LogP contribution >= 0.6 is 0 Å². The van der Waals surface area contributed by atoms with E-state index >= 15 is 0 Å². The van der Waals surface area contributed by atoms with E-state index in [0.717, 1.165) is 23.3 Å². The number of aromatic nitrogens is 4. The van der Waals surface area contributed by atoms with Crippen LogP contribution < -0.4 is 10.1 Å². The molecule has 30 heavy (non-hydrogen) atoms. The third-order valence-electron chi connectivity index (χ3n) is 4.76. The number of carbonyl (C=O) groups excluding carboxylic acids is 1. The highest BCUT2D eigenvalue weighted by molar-refractivity contribution is 5.97. The van der Waals surface area contributed by atoms with Crippen LogP contribution in [0.1, 0.15) is 15.9 Å². The molecule has 0 aliphatic carbocycles. The Kier molecular flexibility index (Phi) is 5.80. The number of H-pyrrole nitrogens is 1. The minimum atomic E-state index is -0.160. The first-order valence-electron chi connectivity index (χ1n) is 9.59. The summed E-state index contributed by atoms with van der Waals surface area (Å²) < 4.78 is 5.49. The van der Waals surface area contributed by atoms with Crippen molar-refractivity contribution in [1.29, 1.82) is 0 Å². The molecule has 1 aromatic heterocycles. The highest BCUT2D eigenvalue weighted by Crippen LogP contribution is 2.32. The molecule has 0 spiro atoms. The summed E-state index contributed by atoms with van der Waals surface area (Å²) >= 11 is 0. The SMILES string of the molecule is COc1ccccc1-c1cc(C(=O)NCCc2ccccc2)cc(-c2nn[nH]n2)c1. The van der Waals surface area contributed by atoms with Crippen molar-refractivity contribution < 1.29 is 9.53 Å². The Bertz CT molecular complexity index is 1130. The Morgan fingerprint density at radius 3 is 2.53 bits per heavy atom. The van der Waals surface area contributed by atoms with E-state index in [4.69, 9.17) is 4.74 Å². The lowest BCUT2D eigenvalue weighted by molar-refractivity contribution is 0.0954. The number of nitrogens with one attached hydrogen (secondary N) is 2. The van der Waals surface area contributed by atoms with Crippen LogP contribution in [0.15, 0.2) is 72.8 Å². The largest absolute Gasteiger partial charge is 0.496 e. The van der Waals surface area contributed by atoms with E-state index in [1.54, 1.807) is 13.2 Å². The molecule has 1 amide bonds. The van der Waals surface area contributed by atoms with E-state index < -0.39 is 0 Å².